The Balaban J connectivity index is 4.10. The number of hydrogen-bond acceptors (Lipinski definition) is 2. The summed E-state index contributed by atoms with van der Waals surface area (Å²) in [6.07, 6.45) is 0. The third kappa shape index (κ3) is 2.27. The molecule has 0 saturated heterocycles. The van der Waals surface area contributed by atoms with Crippen molar-refractivity contribution in [2.24, 2.45) is 5.41 Å². The van der Waals surface area contributed by atoms with Gasteiger partial charge in [-0.2, -0.15) is 0 Å². The molecule has 62 valence electrons. The van der Waals surface area contributed by atoms with Gasteiger partial charge in [0.25, 0.3) is 0 Å². The van der Waals surface area contributed by atoms with Crippen molar-refractivity contribution in [2.45, 2.75) is 40.4 Å². The molecule has 0 aromatic heterocycles. The molecule has 0 bridgehead atoms. The van der Waals surface area contributed by atoms with E-state index in [1.165, 1.54) is 0 Å². The van der Waals surface area contributed by atoms with E-state index in [0.29, 0.717) is 6.61 Å². The van der Waals surface area contributed by atoms with Gasteiger partial charge in [-0.05, 0) is 13.8 Å². The van der Waals surface area contributed by atoms with Crippen molar-refractivity contribution in [1.29, 1.82) is 0 Å². The Morgan fingerprint density at radius 3 is 1.70 bits per heavy atom. The summed E-state index contributed by atoms with van der Waals surface area (Å²) < 4.78 is 5.15. The molecule has 0 spiro atoms. The van der Waals surface area contributed by atoms with Crippen LogP contribution in [0.5, 0.6) is 0 Å². The average molecular weight is 146 g/mol. The van der Waals surface area contributed by atoms with Gasteiger partial charge in [0.05, 0.1) is 0 Å². The lowest BCUT2D eigenvalue weighted by Crippen LogP contribution is -2.42. The first kappa shape index (κ1) is 9.92. The van der Waals surface area contributed by atoms with Crippen LogP contribution in [0.1, 0.15) is 34.6 Å². The molecule has 0 aromatic rings. The van der Waals surface area contributed by atoms with Crippen molar-refractivity contribution < 1.29 is 9.84 Å². The average Bonchev–Trinajstić information content (AvgIpc) is 1.61. The Bertz CT molecular complexity index is 100. The molecule has 0 rings (SSSR count). The van der Waals surface area contributed by atoms with Gasteiger partial charge in [-0.1, -0.05) is 20.8 Å². The van der Waals surface area contributed by atoms with Crippen LogP contribution in [0.25, 0.3) is 0 Å². The normalized spacial score (nSPS) is 18.6. The zero-order valence-corrected chi connectivity index (χ0v) is 7.56. The topological polar surface area (TPSA) is 29.5 Å². The smallest absolute Gasteiger partial charge is 0.167 e. The molecule has 10 heavy (non-hydrogen) atoms. The first-order chi connectivity index (χ1) is 4.31. The number of ether oxygens (including phenoxy) is 1. The fourth-order valence-corrected chi connectivity index (χ4v) is 0.498. The van der Waals surface area contributed by atoms with Crippen molar-refractivity contribution in [1.82, 2.24) is 0 Å². The van der Waals surface area contributed by atoms with Crippen LogP contribution in [0.2, 0.25) is 0 Å². The van der Waals surface area contributed by atoms with E-state index in [-0.39, 0.29) is 5.41 Å². The number of rotatable bonds is 2. The van der Waals surface area contributed by atoms with E-state index in [0.717, 1.165) is 0 Å². The molecule has 1 unspecified atom stereocenters. The minimum Gasteiger partial charge on any atom is -0.365 e. The Morgan fingerprint density at radius 1 is 1.20 bits per heavy atom. The SMILES string of the molecule is CCOC(C)(O)C(C)(C)C. The Hall–Kier alpha value is -0.0800. The van der Waals surface area contributed by atoms with Gasteiger partial charge in [-0.25, -0.2) is 0 Å². The quantitative estimate of drug-likeness (QED) is 0.602. The van der Waals surface area contributed by atoms with Crippen LogP contribution in [0.15, 0.2) is 0 Å². The van der Waals surface area contributed by atoms with Crippen molar-refractivity contribution in [3.8, 4) is 0 Å². The summed E-state index contributed by atoms with van der Waals surface area (Å²) in [5, 5.41) is 9.63. The van der Waals surface area contributed by atoms with Gasteiger partial charge in [-0.3, -0.25) is 0 Å². The standard InChI is InChI=1S/C8H18O2/c1-6-10-8(5,9)7(2,3)4/h9H,6H2,1-5H3. The Labute approximate surface area is 63.2 Å². The molecule has 0 radical (unpaired) electrons. The number of hydrogen-bond donors (Lipinski definition) is 1. The van der Waals surface area contributed by atoms with Gasteiger partial charge in [0.15, 0.2) is 5.79 Å². The minimum absolute atomic E-state index is 0.219. The maximum Gasteiger partial charge on any atom is 0.167 e. The largest absolute Gasteiger partial charge is 0.365 e. The van der Waals surface area contributed by atoms with E-state index in [9.17, 15) is 5.11 Å². The van der Waals surface area contributed by atoms with Crippen LogP contribution >= 0.6 is 0 Å². The van der Waals surface area contributed by atoms with Gasteiger partial charge in [0.2, 0.25) is 0 Å². The molecule has 2 heteroatoms. The molecule has 1 N–H and O–H groups in total. The third-order valence-corrected chi connectivity index (χ3v) is 1.82. The monoisotopic (exact) mass is 146 g/mol. The van der Waals surface area contributed by atoms with E-state index in [2.05, 4.69) is 0 Å². The summed E-state index contributed by atoms with van der Waals surface area (Å²) in [4.78, 5) is 0. The van der Waals surface area contributed by atoms with Crippen molar-refractivity contribution in [3.05, 3.63) is 0 Å². The zero-order chi connectivity index (χ0) is 8.41. The summed E-state index contributed by atoms with van der Waals surface area (Å²) in [7, 11) is 0. The molecule has 0 aliphatic heterocycles. The van der Waals surface area contributed by atoms with Gasteiger partial charge >= 0.3 is 0 Å². The number of aliphatic hydroxyl groups is 1. The Morgan fingerprint density at radius 2 is 1.60 bits per heavy atom. The maximum atomic E-state index is 9.63. The summed E-state index contributed by atoms with van der Waals surface area (Å²) >= 11 is 0. The second kappa shape index (κ2) is 2.89. The van der Waals surface area contributed by atoms with Crippen LogP contribution in [0, 0.1) is 5.41 Å². The molecule has 0 fully saturated rings. The molecule has 0 aromatic carbocycles. The first-order valence-corrected chi connectivity index (χ1v) is 3.67. The summed E-state index contributed by atoms with van der Waals surface area (Å²) in [5.41, 5.74) is -0.219. The fraction of sp³-hybridized carbons (Fsp3) is 1.00. The molecular formula is C8H18O2. The summed E-state index contributed by atoms with van der Waals surface area (Å²) in [6, 6.07) is 0. The molecule has 0 aliphatic rings. The lowest BCUT2D eigenvalue weighted by Gasteiger charge is -2.36. The highest BCUT2D eigenvalue weighted by molar-refractivity contribution is 4.76. The highest BCUT2D eigenvalue weighted by atomic mass is 16.6. The second-order valence-electron chi connectivity index (χ2n) is 3.67. The summed E-state index contributed by atoms with van der Waals surface area (Å²) in [6.45, 7) is 9.95. The van der Waals surface area contributed by atoms with Crippen LogP contribution in [-0.2, 0) is 4.74 Å². The van der Waals surface area contributed by atoms with Crippen LogP contribution in [-0.4, -0.2) is 17.5 Å². The Kier molecular flexibility index (Phi) is 2.86. The molecule has 2 nitrogen and oxygen atoms in total. The second-order valence-corrected chi connectivity index (χ2v) is 3.67. The van der Waals surface area contributed by atoms with Crippen molar-refractivity contribution >= 4 is 0 Å². The van der Waals surface area contributed by atoms with E-state index in [4.69, 9.17) is 4.74 Å². The molecule has 0 aliphatic carbocycles. The maximum absolute atomic E-state index is 9.63. The molecular weight excluding hydrogens is 128 g/mol. The van der Waals surface area contributed by atoms with E-state index < -0.39 is 5.79 Å². The van der Waals surface area contributed by atoms with E-state index >= 15 is 0 Å². The highest BCUT2D eigenvalue weighted by Crippen LogP contribution is 2.30. The predicted molar refractivity (Wildman–Crippen MR) is 41.7 cm³/mol. The van der Waals surface area contributed by atoms with Crippen LogP contribution in [0.3, 0.4) is 0 Å². The lowest BCUT2D eigenvalue weighted by atomic mass is 9.87. The minimum atomic E-state index is -1.01. The predicted octanol–water partition coefficient (Wildman–Crippen LogP) is 1.78. The van der Waals surface area contributed by atoms with Gasteiger partial charge in [0, 0.05) is 12.0 Å². The summed E-state index contributed by atoms with van der Waals surface area (Å²) in [5.74, 6) is -1.01. The molecule has 1 atom stereocenters. The fourth-order valence-electron chi connectivity index (χ4n) is 0.498. The molecule has 0 amide bonds. The third-order valence-electron chi connectivity index (χ3n) is 1.82. The van der Waals surface area contributed by atoms with Gasteiger partial charge in [0.1, 0.15) is 0 Å². The van der Waals surface area contributed by atoms with E-state index in [1.54, 1.807) is 6.92 Å². The van der Waals surface area contributed by atoms with Crippen molar-refractivity contribution in [2.75, 3.05) is 6.61 Å². The van der Waals surface area contributed by atoms with Crippen molar-refractivity contribution in [3.63, 3.8) is 0 Å². The van der Waals surface area contributed by atoms with Gasteiger partial charge in [-0.15, -0.1) is 0 Å². The van der Waals surface area contributed by atoms with Crippen LogP contribution < -0.4 is 0 Å². The first-order valence-electron chi connectivity index (χ1n) is 3.67. The highest BCUT2D eigenvalue weighted by Gasteiger charge is 2.35. The van der Waals surface area contributed by atoms with E-state index in [1.807, 2.05) is 27.7 Å². The molecule has 0 heterocycles. The van der Waals surface area contributed by atoms with Gasteiger partial charge < -0.3 is 9.84 Å². The lowest BCUT2D eigenvalue weighted by molar-refractivity contribution is -0.245. The molecule has 0 saturated carbocycles. The van der Waals surface area contributed by atoms with Crippen LogP contribution in [0.4, 0.5) is 0 Å². The zero-order valence-electron chi connectivity index (χ0n) is 7.56.